The maximum atomic E-state index is 11.0. The fraction of sp³-hybridized carbons (Fsp3) is 0.533. The molecule has 1 aromatic carbocycles. The van der Waals surface area contributed by atoms with Crippen molar-refractivity contribution in [2.45, 2.75) is 38.1 Å². The van der Waals surface area contributed by atoms with Gasteiger partial charge in [0.2, 0.25) is 5.91 Å². The van der Waals surface area contributed by atoms with Gasteiger partial charge in [0.05, 0.1) is 0 Å². The van der Waals surface area contributed by atoms with E-state index >= 15 is 0 Å². The van der Waals surface area contributed by atoms with E-state index in [4.69, 9.17) is 0 Å². The summed E-state index contributed by atoms with van der Waals surface area (Å²) in [6.45, 7) is 1.95. The highest BCUT2D eigenvalue weighted by molar-refractivity contribution is 5.78. The maximum absolute atomic E-state index is 11.0. The predicted molar refractivity (Wildman–Crippen MR) is 73.4 cm³/mol. The zero-order valence-corrected chi connectivity index (χ0v) is 10.8. The first-order valence-electron chi connectivity index (χ1n) is 6.88. The molecule has 1 fully saturated rings. The number of carbonyl (C=O) groups excluding carboxylic acids is 1. The second kappa shape index (κ2) is 7.17. The Balaban J connectivity index is 1.48. The molecule has 1 aromatic rings. The summed E-state index contributed by atoms with van der Waals surface area (Å²) in [7, 11) is 0. The molecule has 0 aromatic heterocycles. The summed E-state index contributed by atoms with van der Waals surface area (Å²) >= 11 is 0. The summed E-state index contributed by atoms with van der Waals surface area (Å²) in [5.74, 6) is 0.200. The molecule has 1 saturated heterocycles. The molecule has 1 amide bonds. The first-order valence-corrected chi connectivity index (χ1v) is 6.88. The largest absolute Gasteiger partial charge is 0.352 e. The van der Waals surface area contributed by atoms with Crippen LogP contribution in [-0.4, -0.2) is 25.0 Å². The zero-order chi connectivity index (χ0) is 12.6. The topological polar surface area (TPSA) is 41.1 Å². The number of hydrogen-bond acceptors (Lipinski definition) is 2. The second-order valence-corrected chi connectivity index (χ2v) is 4.95. The Kier molecular flexibility index (Phi) is 5.21. The van der Waals surface area contributed by atoms with Crippen molar-refractivity contribution in [2.75, 3.05) is 13.1 Å². The van der Waals surface area contributed by atoms with Gasteiger partial charge in [0.1, 0.15) is 0 Å². The highest BCUT2D eigenvalue weighted by Gasteiger charge is 2.19. The van der Waals surface area contributed by atoms with Crippen LogP contribution in [-0.2, 0) is 11.2 Å². The Bertz CT molecular complexity index is 364. The molecule has 0 spiro atoms. The molecule has 0 saturated carbocycles. The van der Waals surface area contributed by atoms with Crippen LogP contribution in [0.25, 0.3) is 0 Å². The van der Waals surface area contributed by atoms with Crippen molar-refractivity contribution in [3.8, 4) is 0 Å². The quantitative estimate of drug-likeness (QED) is 0.721. The van der Waals surface area contributed by atoms with E-state index in [0.717, 1.165) is 25.9 Å². The van der Waals surface area contributed by atoms with Crippen molar-refractivity contribution in [3.63, 3.8) is 0 Å². The van der Waals surface area contributed by atoms with E-state index in [9.17, 15) is 4.79 Å². The van der Waals surface area contributed by atoms with E-state index in [1.54, 1.807) is 0 Å². The number of aryl methyl sites for hydroxylation is 1. The van der Waals surface area contributed by atoms with Gasteiger partial charge in [0.25, 0.3) is 0 Å². The number of rotatable bonds is 7. The third kappa shape index (κ3) is 4.49. The van der Waals surface area contributed by atoms with Gasteiger partial charge < -0.3 is 10.6 Å². The van der Waals surface area contributed by atoms with Gasteiger partial charge in [-0.3, -0.25) is 4.79 Å². The van der Waals surface area contributed by atoms with Crippen molar-refractivity contribution in [3.05, 3.63) is 35.9 Å². The molecule has 1 aliphatic heterocycles. The fourth-order valence-corrected chi connectivity index (χ4v) is 2.33. The lowest BCUT2D eigenvalue weighted by Gasteiger charge is -2.10. The Labute approximate surface area is 109 Å². The van der Waals surface area contributed by atoms with E-state index in [1.165, 1.54) is 18.4 Å². The molecular weight excluding hydrogens is 224 g/mol. The zero-order valence-electron chi connectivity index (χ0n) is 10.8. The van der Waals surface area contributed by atoms with Crippen LogP contribution in [0, 0.1) is 0 Å². The number of amides is 1. The van der Waals surface area contributed by atoms with Gasteiger partial charge in [-0.15, -0.1) is 0 Å². The minimum Gasteiger partial charge on any atom is -0.352 e. The van der Waals surface area contributed by atoms with Crippen LogP contribution in [0.2, 0.25) is 0 Å². The molecule has 1 atom stereocenters. The minimum absolute atomic E-state index is 0.200. The lowest BCUT2D eigenvalue weighted by molar-refractivity contribution is -0.119. The van der Waals surface area contributed by atoms with Gasteiger partial charge in [-0.25, -0.2) is 0 Å². The molecular formula is C15H22N2O. The number of hydrogen-bond donors (Lipinski definition) is 2. The standard InChI is InChI=1S/C15H22N2O/c18-15-10-9-14(17-15)12-16-11-5-4-8-13-6-2-1-3-7-13/h1-3,6-7,14,16H,4-5,8-12H2,(H,17,18). The molecule has 0 radical (unpaired) electrons. The average Bonchev–Trinajstić information content (AvgIpc) is 2.81. The Morgan fingerprint density at radius 3 is 2.78 bits per heavy atom. The van der Waals surface area contributed by atoms with Crippen LogP contribution >= 0.6 is 0 Å². The third-order valence-electron chi connectivity index (χ3n) is 3.39. The molecule has 0 bridgehead atoms. The normalized spacial score (nSPS) is 18.9. The highest BCUT2D eigenvalue weighted by atomic mass is 16.1. The molecule has 1 heterocycles. The van der Waals surface area contributed by atoms with Gasteiger partial charge in [-0.05, 0) is 37.8 Å². The SMILES string of the molecule is O=C1CCC(CNCCCCc2ccccc2)N1. The van der Waals surface area contributed by atoms with Crippen molar-refractivity contribution < 1.29 is 4.79 Å². The van der Waals surface area contributed by atoms with E-state index in [1.807, 2.05) is 0 Å². The Morgan fingerprint density at radius 2 is 2.06 bits per heavy atom. The first kappa shape index (κ1) is 13.1. The van der Waals surface area contributed by atoms with Gasteiger partial charge in [0.15, 0.2) is 0 Å². The molecule has 3 heteroatoms. The molecule has 18 heavy (non-hydrogen) atoms. The van der Waals surface area contributed by atoms with E-state index in [0.29, 0.717) is 12.5 Å². The van der Waals surface area contributed by atoms with Crippen LogP contribution in [0.3, 0.4) is 0 Å². The van der Waals surface area contributed by atoms with Gasteiger partial charge in [-0.2, -0.15) is 0 Å². The van der Waals surface area contributed by atoms with E-state index in [2.05, 4.69) is 41.0 Å². The minimum atomic E-state index is 0.200. The second-order valence-electron chi connectivity index (χ2n) is 4.95. The fourth-order valence-electron chi connectivity index (χ4n) is 2.33. The van der Waals surface area contributed by atoms with E-state index in [-0.39, 0.29) is 5.91 Å². The summed E-state index contributed by atoms with van der Waals surface area (Å²) in [4.78, 5) is 11.0. The van der Waals surface area contributed by atoms with Crippen molar-refractivity contribution in [1.82, 2.24) is 10.6 Å². The van der Waals surface area contributed by atoms with Crippen LogP contribution in [0.15, 0.2) is 30.3 Å². The van der Waals surface area contributed by atoms with Crippen molar-refractivity contribution >= 4 is 5.91 Å². The van der Waals surface area contributed by atoms with Crippen LogP contribution in [0.4, 0.5) is 0 Å². The summed E-state index contributed by atoms with van der Waals surface area (Å²) in [6.07, 6.45) is 5.24. The number of unbranched alkanes of at least 4 members (excludes halogenated alkanes) is 1. The third-order valence-corrected chi connectivity index (χ3v) is 3.39. The van der Waals surface area contributed by atoms with Crippen LogP contribution < -0.4 is 10.6 Å². The lowest BCUT2D eigenvalue weighted by atomic mass is 10.1. The molecule has 1 aliphatic rings. The highest BCUT2D eigenvalue weighted by Crippen LogP contribution is 2.06. The van der Waals surface area contributed by atoms with Crippen molar-refractivity contribution in [1.29, 1.82) is 0 Å². The summed E-state index contributed by atoms with van der Waals surface area (Å²) in [5.41, 5.74) is 1.42. The first-order chi connectivity index (χ1) is 8.84. The van der Waals surface area contributed by atoms with Crippen LogP contribution in [0.5, 0.6) is 0 Å². The molecule has 3 nitrogen and oxygen atoms in total. The Morgan fingerprint density at radius 1 is 1.22 bits per heavy atom. The molecule has 2 N–H and O–H groups in total. The summed E-state index contributed by atoms with van der Waals surface area (Å²) < 4.78 is 0. The van der Waals surface area contributed by atoms with E-state index < -0.39 is 0 Å². The maximum Gasteiger partial charge on any atom is 0.220 e. The number of carbonyl (C=O) groups is 1. The molecule has 1 unspecified atom stereocenters. The number of benzene rings is 1. The summed E-state index contributed by atoms with van der Waals surface area (Å²) in [5, 5.41) is 6.39. The molecule has 0 aliphatic carbocycles. The average molecular weight is 246 g/mol. The van der Waals surface area contributed by atoms with Gasteiger partial charge in [-0.1, -0.05) is 30.3 Å². The van der Waals surface area contributed by atoms with Crippen molar-refractivity contribution in [2.24, 2.45) is 0 Å². The molecule has 2 rings (SSSR count). The smallest absolute Gasteiger partial charge is 0.220 e. The Hall–Kier alpha value is -1.35. The summed E-state index contributed by atoms with van der Waals surface area (Å²) in [6, 6.07) is 11.0. The number of nitrogens with one attached hydrogen (secondary N) is 2. The monoisotopic (exact) mass is 246 g/mol. The predicted octanol–water partition coefficient (Wildman–Crippen LogP) is 1.88. The lowest BCUT2D eigenvalue weighted by Crippen LogP contribution is -2.35. The van der Waals surface area contributed by atoms with Gasteiger partial charge in [0, 0.05) is 19.0 Å². The van der Waals surface area contributed by atoms with Gasteiger partial charge >= 0.3 is 0 Å². The van der Waals surface area contributed by atoms with Crippen LogP contribution in [0.1, 0.15) is 31.2 Å². The molecule has 98 valence electrons.